The Bertz CT molecular complexity index is 1020. The third-order valence-corrected chi connectivity index (χ3v) is 9.36. The van der Waals surface area contributed by atoms with Crippen molar-refractivity contribution in [1.82, 2.24) is 0 Å². The molecule has 0 aromatic heterocycles. The first-order valence-electron chi connectivity index (χ1n) is 10.9. The number of esters is 2. The van der Waals surface area contributed by atoms with Crippen molar-refractivity contribution in [1.29, 1.82) is 0 Å². The highest BCUT2D eigenvalue weighted by molar-refractivity contribution is 5.94. The summed E-state index contributed by atoms with van der Waals surface area (Å²) in [6.07, 6.45) is -2.25. The molecule has 5 fully saturated rings. The zero-order chi connectivity index (χ0) is 23.3. The summed E-state index contributed by atoms with van der Waals surface area (Å²) >= 11 is 0. The van der Waals surface area contributed by atoms with Crippen molar-refractivity contribution in [3.63, 3.8) is 0 Å². The number of aliphatic hydroxyl groups excluding tert-OH is 1. The molecular formula is C24H28O8. The standard InChI is InChI=1S/C24H28O8/c1-13-16(31-14(2)25)10-23(29)20(3)12-30-24(32-18(27)15-8-6-5-7-9-15)19(28)22(13,23)11-17(26)21(20,24)4/h5-9,13,16,19,28-29H,10-12H2,1-4H3. The van der Waals surface area contributed by atoms with E-state index in [0.717, 1.165) is 0 Å². The fourth-order valence-corrected chi connectivity index (χ4v) is 7.39. The molecule has 0 radical (unpaired) electrons. The molecule has 2 N–H and O–H groups in total. The molecule has 4 saturated carbocycles. The Morgan fingerprint density at radius 1 is 1.19 bits per heavy atom. The minimum absolute atomic E-state index is 0.0657. The summed E-state index contributed by atoms with van der Waals surface area (Å²) in [7, 11) is 0. The lowest BCUT2D eigenvalue weighted by Crippen LogP contribution is -2.84. The predicted molar refractivity (Wildman–Crippen MR) is 109 cm³/mol. The van der Waals surface area contributed by atoms with Crippen LogP contribution in [-0.4, -0.2) is 58.1 Å². The molecule has 1 heterocycles. The van der Waals surface area contributed by atoms with Crippen LogP contribution in [0, 0.1) is 22.2 Å². The van der Waals surface area contributed by atoms with Crippen LogP contribution in [0.1, 0.15) is 50.9 Å². The molecular weight excluding hydrogens is 416 g/mol. The van der Waals surface area contributed by atoms with Crippen molar-refractivity contribution < 1.29 is 38.8 Å². The van der Waals surface area contributed by atoms with Crippen LogP contribution in [0.3, 0.4) is 0 Å². The highest BCUT2D eigenvalue weighted by Crippen LogP contribution is 2.80. The Balaban J connectivity index is 1.68. The number of benzene rings is 1. The van der Waals surface area contributed by atoms with Gasteiger partial charge in [-0.2, -0.15) is 0 Å². The summed E-state index contributed by atoms with van der Waals surface area (Å²) in [5.74, 6) is -4.01. The number of aliphatic hydroxyl groups is 2. The number of hydrogen-bond donors (Lipinski definition) is 2. The molecule has 1 aromatic carbocycles. The molecule has 1 spiro atoms. The molecule has 1 saturated heterocycles. The number of ether oxygens (including phenoxy) is 3. The third kappa shape index (κ3) is 1.99. The Morgan fingerprint density at radius 2 is 1.84 bits per heavy atom. The SMILES string of the molecule is CC(=O)OC1CC2(O)C3(CC(=O)C4(C)C(OC(=O)c5ccccc5)(OCC24C)C3O)C1C. The monoisotopic (exact) mass is 444 g/mol. The number of Topliss-reactive ketones (excluding diaryl/α,β-unsaturated/α-hetero) is 1. The molecule has 1 aliphatic heterocycles. The van der Waals surface area contributed by atoms with E-state index >= 15 is 0 Å². The van der Waals surface area contributed by atoms with Crippen LogP contribution in [-0.2, 0) is 23.8 Å². The zero-order valence-electron chi connectivity index (χ0n) is 18.6. The van der Waals surface area contributed by atoms with Crippen LogP contribution < -0.4 is 0 Å². The van der Waals surface area contributed by atoms with Crippen LogP contribution in [0.15, 0.2) is 30.3 Å². The molecule has 172 valence electrons. The number of fused-ring (bicyclic) bond motifs is 1. The number of ketones is 1. The highest BCUT2D eigenvalue weighted by Gasteiger charge is 2.94. The lowest BCUT2D eigenvalue weighted by Gasteiger charge is -2.70. The smallest absolute Gasteiger partial charge is 0.340 e. The molecule has 4 aliphatic carbocycles. The summed E-state index contributed by atoms with van der Waals surface area (Å²) < 4.78 is 17.5. The van der Waals surface area contributed by atoms with Crippen LogP contribution in [0.4, 0.5) is 0 Å². The molecule has 4 bridgehead atoms. The molecule has 8 unspecified atom stereocenters. The predicted octanol–water partition coefficient (Wildman–Crippen LogP) is 1.62. The average Bonchev–Trinajstić information content (AvgIpc) is 3.10. The first-order valence-corrected chi connectivity index (χ1v) is 10.9. The summed E-state index contributed by atoms with van der Waals surface area (Å²) in [5.41, 5.74) is -5.38. The van der Waals surface area contributed by atoms with E-state index in [1.54, 1.807) is 51.1 Å². The van der Waals surface area contributed by atoms with Gasteiger partial charge in [0.2, 0.25) is 0 Å². The van der Waals surface area contributed by atoms with E-state index in [9.17, 15) is 24.6 Å². The number of rotatable bonds is 3. The quantitative estimate of drug-likeness (QED) is 0.675. The van der Waals surface area contributed by atoms with Crippen LogP contribution >= 0.6 is 0 Å². The van der Waals surface area contributed by atoms with E-state index in [1.807, 2.05) is 0 Å². The van der Waals surface area contributed by atoms with Gasteiger partial charge in [0.1, 0.15) is 23.4 Å². The van der Waals surface area contributed by atoms with E-state index in [1.165, 1.54) is 6.92 Å². The number of hydrogen-bond acceptors (Lipinski definition) is 8. The summed E-state index contributed by atoms with van der Waals surface area (Å²) in [6, 6.07) is 8.28. The van der Waals surface area contributed by atoms with Gasteiger partial charge in [-0.25, -0.2) is 4.79 Å². The van der Waals surface area contributed by atoms with Gasteiger partial charge in [-0.15, -0.1) is 0 Å². The zero-order valence-corrected chi connectivity index (χ0v) is 18.6. The fourth-order valence-electron chi connectivity index (χ4n) is 7.39. The van der Waals surface area contributed by atoms with Gasteiger partial charge in [-0.1, -0.05) is 32.0 Å². The molecule has 8 atom stereocenters. The Hall–Kier alpha value is -2.29. The largest absolute Gasteiger partial charge is 0.462 e. The topological polar surface area (TPSA) is 119 Å². The van der Waals surface area contributed by atoms with Gasteiger partial charge in [0.25, 0.3) is 5.79 Å². The maximum Gasteiger partial charge on any atom is 0.340 e. The van der Waals surface area contributed by atoms with Gasteiger partial charge in [0.15, 0.2) is 0 Å². The van der Waals surface area contributed by atoms with Crippen molar-refractivity contribution in [2.75, 3.05) is 6.61 Å². The van der Waals surface area contributed by atoms with Crippen molar-refractivity contribution in [3.05, 3.63) is 35.9 Å². The summed E-state index contributed by atoms with van der Waals surface area (Å²) in [6.45, 7) is 6.30. The minimum atomic E-state index is -1.96. The van der Waals surface area contributed by atoms with Crippen molar-refractivity contribution in [2.24, 2.45) is 22.2 Å². The van der Waals surface area contributed by atoms with E-state index in [2.05, 4.69) is 0 Å². The average molecular weight is 444 g/mol. The van der Waals surface area contributed by atoms with Gasteiger partial charge in [-0.05, 0) is 19.1 Å². The first kappa shape index (κ1) is 21.6. The van der Waals surface area contributed by atoms with Crippen molar-refractivity contribution in [2.45, 2.75) is 64.1 Å². The van der Waals surface area contributed by atoms with Crippen LogP contribution in [0.5, 0.6) is 0 Å². The Morgan fingerprint density at radius 3 is 2.47 bits per heavy atom. The molecule has 8 heteroatoms. The highest BCUT2D eigenvalue weighted by atomic mass is 16.7. The maximum atomic E-state index is 13.7. The van der Waals surface area contributed by atoms with E-state index < -0.39 is 57.7 Å². The molecule has 32 heavy (non-hydrogen) atoms. The van der Waals surface area contributed by atoms with Crippen LogP contribution in [0.2, 0.25) is 0 Å². The summed E-state index contributed by atoms with van der Waals surface area (Å²) in [4.78, 5) is 38.5. The van der Waals surface area contributed by atoms with Crippen molar-refractivity contribution >= 4 is 17.7 Å². The Labute approximate surface area is 185 Å². The second kappa shape index (κ2) is 6.18. The van der Waals surface area contributed by atoms with E-state index in [0.29, 0.717) is 0 Å². The number of carbonyl (C=O) groups is 3. The van der Waals surface area contributed by atoms with Gasteiger partial charge in [0.05, 0.1) is 17.8 Å². The van der Waals surface area contributed by atoms with Gasteiger partial charge in [0, 0.05) is 36.5 Å². The summed E-state index contributed by atoms with van der Waals surface area (Å²) in [5, 5.41) is 24.0. The Kier molecular flexibility index (Phi) is 4.16. The molecule has 5 aliphatic rings. The van der Waals surface area contributed by atoms with Gasteiger partial charge >= 0.3 is 11.9 Å². The van der Waals surface area contributed by atoms with Crippen molar-refractivity contribution in [3.8, 4) is 0 Å². The minimum Gasteiger partial charge on any atom is -0.462 e. The fraction of sp³-hybridized carbons (Fsp3) is 0.625. The van der Waals surface area contributed by atoms with Crippen LogP contribution in [0.25, 0.3) is 0 Å². The molecule has 1 aromatic rings. The van der Waals surface area contributed by atoms with E-state index in [-0.39, 0.29) is 30.8 Å². The molecule has 0 amide bonds. The second-order valence-corrected chi connectivity index (χ2v) is 10.2. The molecule has 6 rings (SSSR count). The lowest BCUT2D eigenvalue weighted by molar-refractivity contribution is -0.366. The van der Waals surface area contributed by atoms with Gasteiger partial charge in [-0.3, -0.25) is 9.59 Å². The van der Waals surface area contributed by atoms with Gasteiger partial charge < -0.3 is 24.4 Å². The number of carbonyl (C=O) groups excluding carboxylic acids is 3. The lowest BCUT2D eigenvalue weighted by atomic mass is 9.35. The maximum absolute atomic E-state index is 13.7. The first-order chi connectivity index (χ1) is 14.9. The van der Waals surface area contributed by atoms with E-state index in [4.69, 9.17) is 14.2 Å². The third-order valence-electron chi connectivity index (χ3n) is 9.36. The second-order valence-electron chi connectivity index (χ2n) is 10.2. The normalized spacial score (nSPS) is 48.4. The molecule has 8 nitrogen and oxygen atoms in total.